The molecule has 1 heterocycles. The number of ether oxygens (including phenoxy) is 1. The van der Waals surface area contributed by atoms with Crippen molar-refractivity contribution in [2.24, 2.45) is 0 Å². The average Bonchev–Trinajstić information content (AvgIpc) is 2.92. The lowest BCUT2D eigenvalue weighted by Crippen LogP contribution is -2.32. The molecule has 1 aliphatic heterocycles. The summed E-state index contributed by atoms with van der Waals surface area (Å²) in [6, 6.07) is 13.4. The molecule has 0 aliphatic carbocycles. The molecule has 1 aliphatic rings. The molecule has 21 heavy (non-hydrogen) atoms. The second kappa shape index (κ2) is 6.17. The van der Waals surface area contributed by atoms with Crippen molar-refractivity contribution in [3.63, 3.8) is 0 Å². The smallest absolute Gasteiger partial charge is 0.0774 e. The number of aryl methyl sites for hydroxylation is 1. The first kappa shape index (κ1) is 14.6. The molecule has 2 nitrogen and oxygen atoms in total. The fraction of sp³-hybridized carbons (Fsp3) is 0.474. The predicted octanol–water partition coefficient (Wildman–Crippen LogP) is 4.37. The lowest BCUT2D eigenvalue weighted by atomic mass is 9.90. The lowest BCUT2D eigenvalue weighted by Gasteiger charge is -2.27. The van der Waals surface area contributed by atoms with Crippen LogP contribution >= 0.6 is 0 Å². The number of hydrogen-bond acceptors (Lipinski definition) is 2. The van der Waals surface area contributed by atoms with Crippen LogP contribution < -0.4 is 5.32 Å². The van der Waals surface area contributed by atoms with Gasteiger partial charge in [0.25, 0.3) is 0 Å². The van der Waals surface area contributed by atoms with Gasteiger partial charge < -0.3 is 10.1 Å². The van der Waals surface area contributed by atoms with E-state index in [9.17, 15) is 0 Å². The first-order chi connectivity index (χ1) is 10.2. The molecule has 0 saturated carbocycles. The summed E-state index contributed by atoms with van der Waals surface area (Å²) in [5, 5.41) is 6.33. The van der Waals surface area contributed by atoms with Gasteiger partial charge in [0.15, 0.2) is 0 Å². The molecule has 0 amide bonds. The van der Waals surface area contributed by atoms with Crippen molar-refractivity contribution >= 4 is 10.8 Å². The maximum Gasteiger partial charge on any atom is 0.0774 e. The number of fused-ring (bicyclic) bond motifs is 1. The van der Waals surface area contributed by atoms with Crippen LogP contribution in [0.4, 0.5) is 0 Å². The quantitative estimate of drug-likeness (QED) is 0.900. The van der Waals surface area contributed by atoms with Crippen molar-refractivity contribution < 1.29 is 4.74 Å². The van der Waals surface area contributed by atoms with Crippen LogP contribution in [-0.2, 0) is 4.74 Å². The van der Waals surface area contributed by atoms with E-state index in [0.717, 1.165) is 19.4 Å². The zero-order valence-electron chi connectivity index (χ0n) is 13.2. The predicted molar refractivity (Wildman–Crippen MR) is 88.7 cm³/mol. The Bertz CT molecular complexity index is 622. The Kier molecular flexibility index (Phi) is 4.27. The number of rotatable bonds is 4. The van der Waals surface area contributed by atoms with E-state index in [0.29, 0.717) is 6.10 Å². The average molecular weight is 283 g/mol. The molecule has 1 saturated heterocycles. The van der Waals surface area contributed by atoms with E-state index < -0.39 is 0 Å². The molecular formula is C19H25NO. The van der Waals surface area contributed by atoms with Gasteiger partial charge >= 0.3 is 0 Å². The van der Waals surface area contributed by atoms with Gasteiger partial charge in [0.05, 0.1) is 18.2 Å². The first-order valence-electron chi connectivity index (χ1n) is 8.07. The van der Waals surface area contributed by atoms with Gasteiger partial charge in [-0.3, -0.25) is 0 Å². The highest BCUT2D eigenvalue weighted by Crippen LogP contribution is 2.35. The molecule has 1 N–H and O–H groups in total. The zero-order valence-corrected chi connectivity index (χ0v) is 13.2. The summed E-state index contributed by atoms with van der Waals surface area (Å²) < 4.78 is 6.17. The molecule has 2 heteroatoms. The van der Waals surface area contributed by atoms with E-state index >= 15 is 0 Å². The van der Waals surface area contributed by atoms with Gasteiger partial charge in [0.1, 0.15) is 0 Å². The van der Waals surface area contributed by atoms with Gasteiger partial charge in [-0.15, -0.1) is 0 Å². The van der Waals surface area contributed by atoms with Crippen molar-refractivity contribution in [3.8, 4) is 0 Å². The van der Waals surface area contributed by atoms with E-state index in [-0.39, 0.29) is 12.1 Å². The molecule has 2 aromatic carbocycles. The SMILES string of the molecule is CCNC(c1c(C)ccc2ccccc12)C1CCC(C)O1. The lowest BCUT2D eigenvalue weighted by molar-refractivity contribution is 0.0321. The van der Waals surface area contributed by atoms with Crippen LogP contribution in [0.15, 0.2) is 36.4 Å². The maximum atomic E-state index is 6.17. The minimum atomic E-state index is 0.282. The molecule has 2 aromatic rings. The minimum absolute atomic E-state index is 0.282. The van der Waals surface area contributed by atoms with E-state index in [1.165, 1.54) is 21.9 Å². The van der Waals surface area contributed by atoms with Crippen LogP contribution in [0.1, 0.15) is 43.9 Å². The van der Waals surface area contributed by atoms with Gasteiger partial charge in [0, 0.05) is 0 Å². The highest BCUT2D eigenvalue weighted by molar-refractivity contribution is 5.87. The van der Waals surface area contributed by atoms with Crippen molar-refractivity contribution in [3.05, 3.63) is 47.5 Å². The third-order valence-electron chi connectivity index (χ3n) is 4.56. The topological polar surface area (TPSA) is 21.3 Å². The number of nitrogens with one attached hydrogen (secondary N) is 1. The largest absolute Gasteiger partial charge is 0.373 e. The Labute approximate surface area is 127 Å². The summed E-state index contributed by atoms with van der Waals surface area (Å²) >= 11 is 0. The minimum Gasteiger partial charge on any atom is -0.373 e. The van der Waals surface area contributed by atoms with Crippen molar-refractivity contribution in [1.29, 1.82) is 0 Å². The highest BCUT2D eigenvalue weighted by Gasteiger charge is 2.31. The van der Waals surface area contributed by atoms with E-state index in [1.54, 1.807) is 0 Å². The van der Waals surface area contributed by atoms with Crippen molar-refractivity contribution in [2.45, 2.75) is 51.9 Å². The molecule has 0 radical (unpaired) electrons. The fourth-order valence-corrected chi connectivity index (χ4v) is 3.54. The van der Waals surface area contributed by atoms with Crippen LogP contribution in [0.25, 0.3) is 10.8 Å². The summed E-state index contributed by atoms with van der Waals surface area (Å²) in [7, 11) is 0. The Morgan fingerprint density at radius 3 is 2.71 bits per heavy atom. The van der Waals surface area contributed by atoms with E-state index in [4.69, 9.17) is 4.74 Å². The van der Waals surface area contributed by atoms with Gasteiger partial charge in [0.2, 0.25) is 0 Å². The Morgan fingerprint density at radius 1 is 1.19 bits per heavy atom. The fourth-order valence-electron chi connectivity index (χ4n) is 3.54. The Hall–Kier alpha value is -1.38. The Morgan fingerprint density at radius 2 is 2.00 bits per heavy atom. The second-order valence-corrected chi connectivity index (χ2v) is 6.12. The monoisotopic (exact) mass is 283 g/mol. The number of benzene rings is 2. The first-order valence-corrected chi connectivity index (χ1v) is 8.07. The molecule has 0 aromatic heterocycles. The highest BCUT2D eigenvalue weighted by atomic mass is 16.5. The molecule has 112 valence electrons. The summed E-state index contributed by atoms with van der Waals surface area (Å²) in [4.78, 5) is 0. The number of likely N-dealkylation sites (N-methyl/N-ethyl adjacent to an activating group) is 1. The summed E-state index contributed by atoms with van der Waals surface area (Å²) in [6.07, 6.45) is 2.97. The molecule has 3 unspecified atom stereocenters. The van der Waals surface area contributed by atoms with Crippen molar-refractivity contribution in [2.75, 3.05) is 6.54 Å². The van der Waals surface area contributed by atoms with Crippen molar-refractivity contribution in [1.82, 2.24) is 5.32 Å². The maximum absolute atomic E-state index is 6.17. The van der Waals surface area contributed by atoms with Gasteiger partial charge in [-0.05, 0) is 55.1 Å². The van der Waals surface area contributed by atoms with Crippen LogP contribution in [0.3, 0.4) is 0 Å². The molecule has 3 rings (SSSR count). The third kappa shape index (κ3) is 2.83. The molecule has 1 fully saturated rings. The van der Waals surface area contributed by atoms with E-state index in [2.05, 4.69) is 62.5 Å². The van der Waals surface area contributed by atoms with Gasteiger partial charge in [-0.25, -0.2) is 0 Å². The zero-order chi connectivity index (χ0) is 14.8. The van der Waals surface area contributed by atoms with Crippen LogP contribution in [-0.4, -0.2) is 18.8 Å². The van der Waals surface area contributed by atoms with Gasteiger partial charge in [-0.2, -0.15) is 0 Å². The summed E-state index contributed by atoms with van der Waals surface area (Å²) in [5.74, 6) is 0. The number of hydrogen-bond donors (Lipinski definition) is 1. The van der Waals surface area contributed by atoms with E-state index in [1.807, 2.05) is 0 Å². The summed E-state index contributed by atoms with van der Waals surface area (Å²) in [5.41, 5.74) is 2.76. The molecule has 3 atom stereocenters. The normalized spacial score (nSPS) is 23.6. The van der Waals surface area contributed by atoms with Crippen LogP contribution in [0, 0.1) is 6.92 Å². The second-order valence-electron chi connectivity index (χ2n) is 6.12. The van der Waals surface area contributed by atoms with Crippen LogP contribution in [0.2, 0.25) is 0 Å². The molecular weight excluding hydrogens is 258 g/mol. The standard InChI is InChI=1S/C19H25NO/c1-4-20-19(17-12-10-14(3)21-17)18-13(2)9-11-15-7-5-6-8-16(15)18/h5-9,11,14,17,19-20H,4,10,12H2,1-3H3. The summed E-state index contributed by atoms with van der Waals surface area (Å²) in [6.45, 7) is 7.52. The van der Waals surface area contributed by atoms with Gasteiger partial charge in [-0.1, -0.05) is 43.3 Å². The van der Waals surface area contributed by atoms with Crippen LogP contribution in [0.5, 0.6) is 0 Å². The third-order valence-corrected chi connectivity index (χ3v) is 4.56. The Balaban J connectivity index is 2.08. The molecule has 0 bridgehead atoms. The molecule has 0 spiro atoms.